The summed E-state index contributed by atoms with van der Waals surface area (Å²) in [6.45, 7) is 4.55. The first-order chi connectivity index (χ1) is 13.4. The Bertz CT molecular complexity index is 870. The van der Waals surface area contributed by atoms with Crippen LogP contribution in [0.5, 0.6) is 0 Å². The molecule has 5 fully saturated rings. The molecule has 0 aromatic heterocycles. The van der Waals surface area contributed by atoms with E-state index in [1.807, 2.05) is 0 Å². The van der Waals surface area contributed by atoms with Crippen molar-refractivity contribution in [1.29, 1.82) is 0 Å². The average molecular weight is 380 g/mol. The minimum atomic E-state index is -0.339. The molecule has 1 aromatic rings. The third-order valence-electron chi connectivity index (χ3n) is 8.42. The lowest BCUT2D eigenvalue weighted by molar-refractivity contribution is -0.142. The first-order valence-corrected chi connectivity index (χ1v) is 10.8. The molecule has 5 heteroatoms. The minimum absolute atomic E-state index is 0.0476. The third kappa shape index (κ3) is 2.37. The van der Waals surface area contributed by atoms with Gasteiger partial charge in [0.05, 0.1) is 5.54 Å². The monoisotopic (exact) mass is 380 g/mol. The molecule has 1 N–H and O–H groups in total. The number of nitrogens with zero attached hydrogens (tertiary/aromatic N) is 1. The van der Waals surface area contributed by atoms with E-state index in [1.54, 1.807) is 0 Å². The number of nitrogens with one attached hydrogen (secondary N) is 1. The van der Waals surface area contributed by atoms with E-state index in [0.29, 0.717) is 23.4 Å². The van der Waals surface area contributed by atoms with E-state index in [0.717, 1.165) is 32.4 Å². The summed E-state index contributed by atoms with van der Waals surface area (Å²) >= 11 is 0. The molecule has 1 spiro atoms. The fourth-order valence-corrected chi connectivity index (χ4v) is 6.03. The van der Waals surface area contributed by atoms with Crippen molar-refractivity contribution in [3.8, 4) is 0 Å². The van der Waals surface area contributed by atoms with Gasteiger partial charge in [0.25, 0.3) is 0 Å². The zero-order valence-corrected chi connectivity index (χ0v) is 16.5. The Hall–Kier alpha value is -2.04. The largest absolute Gasteiger partial charge is 0.447 e. The molecule has 5 aliphatic rings. The number of ether oxygens (including phenoxy) is 1. The highest BCUT2D eigenvalue weighted by molar-refractivity contribution is 5.82. The van der Waals surface area contributed by atoms with Crippen molar-refractivity contribution in [2.24, 2.45) is 11.8 Å². The Labute approximate surface area is 165 Å². The highest BCUT2D eigenvalue weighted by atomic mass is 16.6. The normalized spacial score (nSPS) is 39.6. The Morgan fingerprint density at radius 3 is 2.64 bits per heavy atom. The molecule has 6 rings (SSSR count). The van der Waals surface area contributed by atoms with Gasteiger partial charge in [-0.1, -0.05) is 31.2 Å². The molecule has 28 heavy (non-hydrogen) atoms. The first-order valence-electron chi connectivity index (χ1n) is 10.8. The lowest BCUT2D eigenvalue weighted by Crippen LogP contribution is -2.58. The molecule has 2 atom stereocenters. The van der Waals surface area contributed by atoms with E-state index < -0.39 is 0 Å². The zero-order valence-electron chi connectivity index (χ0n) is 16.5. The van der Waals surface area contributed by atoms with Gasteiger partial charge in [-0.3, -0.25) is 4.79 Å². The van der Waals surface area contributed by atoms with Gasteiger partial charge < -0.3 is 15.0 Å². The predicted octanol–water partition coefficient (Wildman–Crippen LogP) is 3.12. The van der Waals surface area contributed by atoms with E-state index in [2.05, 4.69) is 41.4 Å². The maximum absolute atomic E-state index is 13.0. The topological polar surface area (TPSA) is 58.6 Å². The number of likely N-dealkylation sites (tertiary alicyclic amines) is 1. The van der Waals surface area contributed by atoms with Crippen molar-refractivity contribution in [1.82, 2.24) is 10.2 Å². The van der Waals surface area contributed by atoms with E-state index in [-0.39, 0.29) is 23.5 Å². The van der Waals surface area contributed by atoms with Crippen molar-refractivity contribution < 1.29 is 14.3 Å². The van der Waals surface area contributed by atoms with Crippen LogP contribution in [0.15, 0.2) is 24.3 Å². The van der Waals surface area contributed by atoms with E-state index in [1.165, 1.54) is 30.4 Å². The molecule has 1 aromatic carbocycles. The summed E-state index contributed by atoms with van der Waals surface area (Å²) in [5, 5.41) is 2.89. The smallest absolute Gasteiger partial charge is 0.407 e. The number of rotatable bonds is 3. The van der Waals surface area contributed by atoms with Crippen LogP contribution in [-0.4, -0.2) is 42.1 Å². The summed E-state index contributed by atoms with van der Waals surface area (Å²) in [6.07, 6.45) is 6.03. The molecular formula is C23H28N2O3. The Morgan fingerprint density at radius 1 is 1.18 bits per heavy atom. The van der Waals surface area contributed by atoms with Crippen molar-refractivity contribution >= 4 is 12.0 Å². The SMILES string of the molecule is CC1(c2cccc(C34CCN(C(=O)[C@H]5C[C@]6(COC(=O)N6)C5)CC3C4)c2)CC1. The van der Waals surface area contributed by atoms with Crippen LogP contribution in [0, 0.1) is 11.8 Å². The predicted molar refractivity (Wildman–Crippen MR) is 104 cm³/mol. The second-order valence-corrected chi connectivity index (χ2v) is 10.3. The molecule has 148 valence electrons. The number of carbonyl (C=O) groups excluding carboxylic acids is 2. The maximum Gasteiger partial charge on any atom is 0.407 e. The van der Waals surface area contributed by atoms with Crippen LogP contribution in [0.1, 0.15) is 56.6 Å². The number of amides is 2. The molecule has 0 bridgehead atoms. The van der Waals surface area contributed by atoms with Crippen LogP contribution in [0.2, 0.25) is 0 Å². The number of benzene rings is 1. The van der Waals surface area contributed by atoms with Gasteiger partial charge in [0, 0.05) is 24.4 Å². The molecule has 2 heterocycles. The number of hydrogen-bond acceptors (Lipinski definition) is 3. The van der Waals surface area contributed by atoms with Crippen molar-refractivity contribution in [2.75, 3.05) is 19.7 Å². The number of fused-ring (bicyclic) bond motifs is 1. The standard InChI is InChI=1S/C23H28N2O3/c1-21(5-6-21)16-3-2-4-17(9-16)23-7-8-25(13-18(23)12-23)19(26)15-10-22(11-15)14-28-20(27)24-22/h2-4,9,15,18H,5-8,10-14H2,1H3,(H,24,27)/t15-,18?,22+,23?. The number of hydrogen-bond donors (Lipinski definition) is 1. The molecule has 5 nitrogen and oxygen atoms in total. The summed E-state index contributed by atoms with van der Waals surface area (Å²) < 4.78 is 5.03. The Kier molecular flexibility index (Phi) is 3.20. The zero-order chi connectivity index (χ0) is 19.1. The lowest BCUT2D eigenvalue weighted by atomic mass is 9.68. The molecule has 2 unspecified atom stereocenters. The molecule has 0 radical (unpaired) electrons. The van der Waals surface area contributed by atoms with Gasteiger partial charge in [-0.05, 0) is 61.0 Å². The van der Waals surface area contributed by atoms with E-state index >= 15 is 0 Å². The molecule has 2 amide bonds. The number of alkyl carbamates (subject to hydrolysis) is 1. The van der Waals surface area contributed by atoms with Gasteiger partial charge in [-0.2, -0.15) is 0 Å². The minimum Gasteiger partial charge on any atom is -0.447 e. The van der Waals surface area contributed by atoms with Gasteiger partial charge in [0.2, 0.25) is 5.91 Å². The number of carbonyl (C=O) groups is 2. The van der Waals surface area contributed by atoms with Crippen molar-refractivity contribution in [3.05, 3.63) is 35.4 Å². The van der Waals surface area contributed by atoms with Crippen LogP contribution >= 0.6 is 0 Å². The summed E-state index contributed by atoms with van der Waals surface area (Å²) in [5.41, 5.74) is 3.46. The Morgan fingerprint density at radius 2 is 1.96 bits per heavy atom. The van der Waals surface area contributed by atoms with Gasteiger partial charge >= 0.3 is 6.09 Å². The summed E-state index contributed by atoms with van der Waals surface area (Å²) in [5.74, 6) is 0.939. The van der Waals surface area contributed by atoms with Crippen molar-refractivity contribution in [3.63, 3.8) is 0 Å². The average Bonchev–Trinajstić information content (AvgIpc) is 3.56. The summed E-state index contributed by atoms with van der Waals surface area (Å²) in [7, 11) is 0. The van der Waals surface area contributed by atoms with Gasteiger partial charge in [-0.15, -0.1) is 0 Å². The number of piperidine rings is 1. The molecule has 2 aliphatic heterocycles. The fourth-order valence-electron chi connectivity index (χ4n) is 6.03. The van der Waals surface area contributed by atoms with Crippen LogP contribution < -0.4 is 5.32 Å². The van der Waals surface area contributed by atoms with Gasteiger partial charge in [-0.25, -0.2) is 4.79 Å². The molecule has 2 saturated heterocycles. The van der Waals surface area contributed by atoms with Gasteiger partial charge in [0.1, 0.15) is 6.61 Å². The first kappa shape index (κ1) is 16.9. The fraction of sp³-hybridized carbons (Fsp3) is 0.652. The maximum atomic E-state index is 13.0. The van der Waals surface area contributed by atoms with Crippen LogP contribution in [-0.2, 0) is 20.4 Å². The second-order valence-electron chi connectivity index (χ2n) is 10.3. The third-order valence-corrected chi connectivity index (χ3v) is 8.42. The number of cyclic esters (lactones) is 1. The van der Waals surface area contributed by atoms with Crippen LogP contribution in [0.3, 0.4) is 0 Å². The molecule has 3 saturated carbocycles. The molecule has 3 aliphatic carbocycles. The molecular weight excluding hydrogens is 352 g/mol. The van der Waals surface area contributed by atoms with E-state index in [4.69, 9.17) is 4.74 Å². The highest BCUT2D eigenvalue weighted by Gasteiger charge is 2.60. The Balaban J connectivity index is 1.11. The summed E-state index contributed by atoms with van der Waals surface area (Å²) in [4.78, 5) is 26.4. The summed E-state index contributed by atoms with van der Waals surface area (Å²) in [6, 6.07) is 9.30. The van der Waals surface area contributed by atoms with Crippen LogP contribution in [0.4, 0.5) is 4.79 Å². The van der Waals surface area contributed by atoms with Gasteiger partial charge in [0.15, 0.2) is 0 Å². The van der Waals surface area contributed by atoms with E-state index in [9.17, 15) is 9.59 Å². The van der Waals surface area contributed by atoms with Crippen LogP contribution in [0.25, 0.3) is 0 Å². The lowest BCUT2D eigenvalue weighted by Gasteiger charge is -2.44. The van der Waals surface area contributed by atoms with Crippen molar-refractivity contribution in [2.45, 2.75) is 61.8 Å². The second kappa shape index (κ2) is 5.31. The quantitative estimate of drug-likeness (QED) is 0.877. The highest BCUT2D eigenvalue weighted by Crippen LogP contribution is 2.60.